The monoisotopic (exact) mass is 768 g/mol. The van der Waals surface area contributed by atoms with Crippen molar-refractivity contribution in [2.45, 2.75) is 25.7 Å². The summed E-state index contributed by atoms with van der Waals surface area (Å²) < 4.78 is 87.2. The third-order valence-electron chi connectivity index (χ3n) is 10.7. The van der Waals surface area contributed by atoms with Crippen LogP contribution in [0, 0.1) is 5.92 Å². The van der Waals surface area contributed by atoms with Gasteiger partial charge in [0.25, 0.3) is 11.8 Å². The maximum absolute atomic E-state index is 14.9. The van der Waals surface area contributed by atoms with E-state index in [0.717, 1.165) is 27.7 Å². The van der Waals surface area contributed by atoms with Crippen LogP contribution in [0.2, 0.25) is 0 Å². The molecule has 0 radical (unpaired) electrons. The molecule has 2 amide bonds. The molecule has 7 aromatic rings. The Bertz CT molecular complexity index is 2800. The van der Waals surface area contributed by atoms with Gasteiger partial charge in [0.05, 0.1) is 44.8 Å². The van der Waals surface area contributed by atoms with Crippen molar-refractivity contribution >= 4 is 34.0 Å². The number of allylic oxidation sites excluding steroid dienone is 1. The molecule has 0 fully saturated rings. The lowest BCUT2D eigenvalue weighted by Gasteiger charge is -2.25. The number of amides is 2. The lowest BCUT2D eigenvalue weighted by molar-refractivity contribution is -0.143. The number of hydrogen-bond acceptors (Lipinski definition) is 2. The number of nitrogens with zero attached hydrogens (tertiary/aromatic N) is 2. The first kappa shape index (κ1) is 36.0. The third-order valence-corrected chi connectivity index (χ3v) is 10.7. The minimum Gasteiger partial charge on any atom is -0.308 e. The van der Waals surface area contributed by atoms with Crippen LogP contribution in [0.25, 0.3) is 44.4 Å². The zero-order valence-electron chi connectivity index (χ0n) is 30.1. The van der Waals surface area contributed by atoms with Crippen molar-refractivity contribution in [2.75, 3.05) is 4.90 Å². The first-order valence-electron chi connectivity index (χ1n) is 18.2. The molecule has 9 rings (SSSR count). The summed E-state index contributed by atoms with van der Waals surface area (Å²) in [6.45, 7) is 1.83. The molecule has 282 valence electrons. The predicted octanol–water partition coefficient (Wildman–Crippen LogP) is 12.4. The number of aromatic nitrogens is 1. The Morgan fingerprint density at radius 3 is 1.96 bits per heavy atom. The number of hydrogen-bond donors (Lipinski definition) is 0. The highest BCUT2D eigenvalue weighted by Crippen LogP contribution is 2.48. The molecule has 1 aliphatic carbocycles. The highest BCUT2D eigenvalue weighted by Gasteiger charge is 2.43. The zero-order valence-corrected chi connectivity index (χ0v) is 30.1. The smallest absolute Gasteiger partial charge is 0.308 e. The quantitative estimate of drug-likeness (QED) is 0.129. The molecule has 10 heteroatoms. The van der Waals surface area contributed by atoms with Gasteiger partial charge in [-0.05, 0) is 82.6 Å². The summed E-state index contributed by atoms with van der Waals surface area (Å²) in [4.78, 5) is 30.5. The van der Waals surface area contributed by atoms with E-state index >= 15 is 0 Å². The van der Waals surface area contributed by atoms with Gasteiger partial charge in [0.15, 0.2) is 0 Å². The number of imide groups is 1. The van der Waals surface area contributed by atoms with E-state index in [9.17, 15) is 35.9 Å². The fourth-order valence-electron chi connectivity index (χ4n) is 8.26. The van der Waals surface area contributed by atoms with Gasteiger partial charge in [-0.1, -0.05) is 110 Å². The van der Waals surface area contributed by atoms with Crippen LogP contribution in [0.5, 0.6) is 0 Å². The SMILES string of the molecule is CC1C=C(c2ccc(C(F)(F)F)cc2C(F)(F)F)c2c(c3ccccc3n2-c2cccc3c2C(=O)N(c2ccc(-c4ccccc4)cc2-c2ccccc2)C3=O)C1. The maximum Gasteiger partial charge on any atom is 0.417 e. The number of benzene rings is 6. The fourth-order valence-corrected chi connectivity index (χ4v) is 8.26. The molecule has 6 aromatic carbocycles. The summed E-state index contributed by atoms with van der Waals surface area (Å²) in [6.07, 6.45) is -8.08. The minimum absolute atomic E-state index is 0.0543. The van der Waals surface area contributed by atoms with E-state index in [0.29, 0.717) is 45.9 Å². The summed E-state index contributed by atoms with van der Waals surface area (Å²) in [5, 5.41) is 0.708. The zero-order chi connectivity index (χ0) is 39.8. The molecule has 0 N–H and O–H groups in total. The van der Waals surface area contributed by atoms with Gasteiger partial charge in [-0.2, -0.15) is 26.3 Å². The van der Waals surface area contributed by atoms with Crippen molar-refractivity contribution in [2.24, 2.45) is 5.92 Å². The van der Waals surface area contributed by atoms with Crippen LogP contribution in [0.15, 0.2) is 146 Å². The topological polar surface area (TPSA) is 42.3 Å². The predicted molar refractivity (Wildman–Crippen MR) is 208 cm³/mol. The van der Waals surface area contributed by atoms with Crippen LogP contribution >= 0.6 is 0 Å². The maximum atomic E-state index is 14.9. The van der Waals surface area contributed by atoms with Gasteiger partial charge in [0, 0.05) is 16.5 Å². The van der Waals surface area contributed by atoms with Crippen molar-refractivity contribution in [3.63, 3.8) is 0 Å². The summed E-state index contributed by atoms with van der Waals surface area (Å²) >= 11 is 0. The van der Waals surface area contributed by atoms with E-state index in [1.54, 1.807) is 53.1 Å². The van der Waals surface area contributed by atoms with E-state index in [2.05, 4.69) is 0 Å². The van der Waals surface area contributed by atoms with Crippen molar-refractivity contribution in [3.05, 3.63) is 185 Å². The molecule has 57 heavy (non-hydrogen) atoms. The fraction of sp³-hybridized carbons (Fsp3) is 0.106. The molecule has 0 spiro atoms. The van der Waals surface area contributed by atoms with Crippen molar-refractivity contribution in [1.82, 2.24) is 4.57 Å². The van der Waals surface area contributed by atoms with Gasteiger partial charge in [0.1, 0.15) is 0 Å². The molecule has 1 aromatic heterocycles. The Hall–Kier alpha value is -6.68. The number of carbonyl (C=O) groups is 2. The average Bonchev–Trinajstić information content (AvgIpc) is 3.67. The van der Waals surface area contributed by atoms with Crippen LogP contribution < -0.4 is 4.90 Å². The second-order valence-corrected chi connectivity index (χ2v) is 14.3. The van der Waals surface area contributed by atoms with E-state index in [-0.39, 0.29) is 34.4 Å². The molecule has 0 saturated heterocycles. The van der Waals surface area contributed by atoms with Crippen molar-refractivity contribution < 1.29 is 35.9 Å². The molecule has 0 saturated carbocycles. The first-order chi connectivity index (χ1) is 27.3. The number of para-hydroxylation sites is 1. The summed E-state index contributed by atoms with van der Waals surface area (Å²) in [5.74, 6) is -1.48. The van der Waals surface area contributed by atoms with Gasteiger partial charge in [-0.25, -0.2) is 4.90 Å². The Kier molecular flexibility index (Phi) is 8.35. The number of fused-ring (bicyclic) bond motifs is 4. The summed E-state index contributed by atoms with van der Waals surface area (Å²) in [7, 11) is 0. The van der Waals surface area contributed by atoms with Gasteiger partial charge >= 0.3 is 12.4 Å². The molecular formula is C47H30F6N2O2. The minimum atomic E-state index is -5.13. The van der Waals surface area contributed by atoms with Gasteiger partial charge in [-0.3, -0.25) is 9.59 Å². The van der Waals surface area contributed by atoms with Crippen molar-refractivity contribution in [1.29, 1.82) is 0 Å². The second kappa shape index (κ2) is 13.2. The molecular weight excluding hydrogens is 739 g/mol. The standard InChI is InChI=1S/C47H30F6N2O2/c1-27-23-36(32-21-20-31(46(48,49)50)26-38(32)47(51,52)53)43-37(24-27)33-15-8-9-17-39(33)54(43)41-18-10-16-34-42(41)45(57)55(44(34)56)40-22-19-30(28-11-4-2-5-12-28)25-35(40)29-13-6-3-7-14-29/h2-23,25-27H,24H2,1H3. The van der Waals surface area contributed by atoms with Crippen LogP contribution in [-0.2, 0) is 18.8 Å². The lowest BCUT2D eigenvalue weighted by atomic mass is 9.83. The lowest BCUT2D eigenvalue weighted by Crippen LogP contribution is -2.30. The second-order valence-electron chi connectivity index (χ2n) is 14.3. The van der Waals surface area contributed by atoms with E-state index in [1.807, 2.05) is 85.8 Å². The molecule has 1 atom stereocenters. The molecule has 1 aliphatic heterocycles. The number of anilines is 1. The molecule has 0 bridgehead atoms. The first-order valence-corrected chi connectivity index (χ1v) is 18.2. The Labute approximate surface area is 322 Å². The van der Waals surface area contributed by atoms with E-state index in [1.165, 1.54) is 0 Å². The van der Waals surface area contributed by atoms with Crippen LogP contribution in [0.1, 0.15) is 55.6 Å². The number of halogens is 6. The number of rotatable bonds is 5. The summed E-state index contributed by atoms with van der Waals surface area (Å²) in [5.41, 5.74) is 2.36. The molecule has 1 unspecified atom stereocenters. The highest BCUT2D eigenvalue weighted by molar-refractivity contribution is 6.36. The Balaban J connectivity index is 1.26. The third kappa shape index (κ3) is 5.94. The van der Waals surface area contributed by atoms with Gasteiger partial charge in [-0.15, -0.1) is 0 Å². The van der Waals surface area contributed by atoms with Crippen molar-refractivity contribution in [3.8, 4) is 27.9 Å². The van der Waals surface area contributed by atoms with Crippen LogP contribution in [0.4, 0.5) is 32.0 Å². The highest BCUT2D eigenvalue weighted by atomic mass is 19.4. The van der Waals surface area contributed by atoms with Crippen LogP contribution in [-0.4, -0.2) is 16.4 Å². The van der Waals surface area contributed by atoms with E-state index in [4.69, 9.17) is 0 Å². The normalized spacial score (nSPS) is 15.5. The van der Waals surface area contributed by atoms with Gasteiger partial charge < -0.3 is 4.57 Å². The molecule has 2 aliphatic rings. The largest absolute Gasteiger partial charge is 0.417 e. The van der Waals surface area contributed by atoms with Crippen LogP contribution in [0.3, 0.4) is 0 Å². The number of carbonyl (C=O) groups excluding carboxylic acids is 2. The summed E-state index contributed by atoms with van der Waals surface area (Å²) in [6, 6.07) is 38.2. The van der Waals surface area contributed by atoms with Gasteiger partial charge in [0.2, 0.25) is 0 Å². The average molecular weight is 769 g/mol. The Morgan fingerprint density at radius 2 is 1.26 bits per heavy atom. The van der Waals surface area contributed by atoms with E-state index < -0.39 is 40.9 Å². The number of alkyl halides is 6. The Morgan fingerprint density at radius 1 is 0.579 bits per heavy atom. The molecule has 4 nitrogen and oxygen atoms in total. The molecule has 2 heterocycles.